The van der Waals surface area contributed by atoms with Crippen LogP contribution in [0.2, 0.25) is 5.02 Å². The highest BCUT2D eigenvalue weighted by Gasteiger charge is 2.27. The van der Waals surface area contributed by atoms with Gasteiger partial charge in [-0.05, 0) is 30.5 Å². The third-order valence-electron chi connectivity index (χ3n) is 4.24. The summed E-state index contributed by atoms with van der Waals surface area (Å²) in [6, 6.07) is 3.44. The maximum absolute atomic E-state index is 12.1. The Kier molecular flexibility index (Phi) is 4.05. The Labute approximate surface area is 154 Å². The number of amides is 1. The molecular formula is C18H15ClN4O3. The molecule has 8 heteroatoms. The molecule has 1 saturated carbocycles. The minimum atomic E-state index is -0.648. The molecule has 1 aromatic carbocycles. The van der Waals surface area contributed by atoms with E-state index in [1.54, 1.807) is 12.1 Å². The molecule has 3 N–H and O–H groups in total. The average molecular weight is 371 g/mol. The molecule has 2 aromatic rings. The number of nitrogens with zero attached hydrogens (tertiary/aromatic N) is 2. The van der Waals surface area contributed by atoms with Crippen LogP contribution in [0.25, 0.3) is 0 Å². The largest absolute Gasteiger partial charge is 0.428 e. The van der Waals surface area contributed by atoms with Gasteiger partial charge in [0.1, 0.15) is 0 Å². The van der Waals surface area contributed by atoms with Crippen LogP contribution in [0.15, 0.2) is 29.3 Å². The first-order valence-electron chi connectivity index (χ1n) is 8.13. The van der Waals surface area contributed by atoms with E-state index in [-0.39, 0.29) is 12.4 Å². The number of carbonyl (C=O) groups excluding carboxylic acids is 1. The number of cyclic esters (lactones) is 1. The van der Waals surface area contributed by atoms with Crippen LogP contribution in [0.5, 0.6) is 0 Å². The van der Waals surface area contributed by atoms with Crippen molar-refractivity contribution in [2.24, 2.45) is 5.92 Å². The van der Waals surface area contributed by atoms with Crippen molar-refractivity contribution in [2.45, 2.75) is 25.5 Å². The van der Waals surface area contributed by atoms with E-state index in [9.17, 15) is 9.59 Å². The Morgan fingerprint density at radius 1 is 1.35 bits per heavy atom. The maximum atomic E-state index is 12.1. The third-order valence-corrected chi connectivity index (χ3v) is 4.59. The number of aromatic nitrogens is 2. The molecule has 132 valence electrons. The third kappa shape index (κ3) is 3.24. The molecule has 1 aromatic heterocycles. The number of nitrogens with two attached hydrogens (primary N) is 1. The zero-order valence-electron chi connectivity index (χ0n) is 13.7. The van der Waals surface area contributed by atoms with Crippen LogP contribution < -0.4 is 16.6 Å². The van der Waals surface area contributed by atoms with Gasteiger partial charge in [-0.1, -0.05) is 23.4 Å². The van der Waals surface area contributed by atoms with Crippen molar-refractivity contribution < 1.29 is 9.53 Å². The Balaban J connectivity index is 1.70. The second kappa shape index (κ2) is 6.39. The molecule has 0 radical (unpaired) electrons. The van der Waals surface area contributed by atoms with E-state index in [2.05, 4.69) is 22.1 Å². The molecule has 0 spiro atoms. The summed E-state index contributed by atoms with van der Waals surface area (Å²) in [4.78, 5) is 27.6. The minimum Gasteiger partial charge on any atom is -0.428 e. The van der Waals surface area contributed by atoms with Crippen LogP contribution in [-0.4, -0.2) is 15.6 Å². The molecule has 0 unspecified atom stereocenters. The number of hydrogen-bond donors (Lipinski definition) is 2. The molecule has 1 aliphatic heterocycles. The highest BCUT2D eigenvalue weighted by Crippen LogP contribution is 2.36. The SMILES string of the molecule is Nc1nccn(Cc2cc3c(cc2Cl)[C@H](C#CC2CC2)OC(=O)N3)c1=O. The normalized spacial score (nSPS) is 18.2. The Bertz CT molecular complexity index is 1020. The standard InChI is InChI=1S/C18H15ClN4O3/c19-13-8-12-14(22-18(25)26-15(12)4-3-10-1-2-10)7-11(13)9-23-6-5-21-16(20)17(23)24/h5-8,10,15H,1-2,9H2,(H2,20,21)(H,22,25)/t15-/m0/s1. The summed E-state index contributed by atoms with van der Waals surface area (Å²) in [6.45, 7) is 0.201. The maximum Gasteiger partial charge on any atom is 0.413 e. The fourth-order valence-corrected chi connectivity index (χ4v) is 2.92. The van der Waals surface area contributed by atoms with E-state index in [0.717, 1.165) is 12.8 Å². The van der Waals surface area contributed by atoms with Crippen molar-refractivity contribution in [1.82, 2.24) is 9.55 Å². The van der Waals surface area contributed by atoms with Gasteiger partial charge in [0.15, 0.2) is 11.9 Å². The lowest BCUT2D eigenvalue weighted by molar-refractivity contribution is 0.134. The van der Waals surface area contributed by atoms with E-state index in [0.29, 0.717) is 27.8 Å². The summed E-state index contributed by atoms with van der Waals surface area (Å²) >= 11 is 6.40. The lowest BCUT2D eigenvalue weighted by atomic mass is 10.0. The van der Waals surface area contributed by atoms with Gasteiger partial charge < -0.3 is 15.0 Å². The first kappa shape index (κ1) is 16.5. The van der Waals surface area contributed by atoms with Crippen LogP contribution >= 0.6 is 11.6 Å². The second-order valence-electron chi connectivity index (χ2n) is 6.25. The van der Waals surface area contributed by atoms with Gasteiger partial charge >= 0.3 is 6.09 Å². The van der Waals surface area contributed by atoms with Crippen molar-refractivity contribution in [2.75, 3.05) is 11.1 Å². The Morgan fingerprint density at radius 3 is 2.92 bits per heavy atom. The average Bonchev–Trinajstić information content (AvgIpc) is 3.42. The summed E-state index contributed by atoms with van der Waals surface area (Å²) in [5, 5.41) is 3.11. The van der Waals surface area contributed by atoms with Gasteiger partial charge in [0.05, 0.1) is 12.2 Å². The highest BCUT2D eigenvalue weighted by atomic mass is 35.5. The number of carbonyl (C=O) groups is 1. The fraction of sp³-hybridized carbons (Fsp3) is 0.278. The van der Waals surface area contributed by atoms with Crippen LogP contribution in [0.1, 0.15) is 30.1 Å². The predicted molar refractivity (Wildman–Crippen MR) is 96.8 cm³/mol. The Hall–Kier alpha value is -2.98. The molecule has 1 atom stereocenters. The summed E-state index contributed by atoms with van der Waals surface area (Å²) in [5.41, 5.74) is 7.09. The van der Waals surface area contributed by atoms with Crippen molar-refractivity contribution in [3.63, 3.8) is 0 Å². The summed E-state index contributed by atoms with van der Waals surface area (Å²) in [6.07, 6.45) is 3.93. The zero-order valence-corrected chi connectivity index (χ0v) is 14.4. The fourth-order valence-electron chi connectivity index (χ4n) is 2.69. The van der Waals surface area contributed by atoms with Crippen molar-refractivity contribution >= 4 is 29.2 Å². The van der Waals surface area contributed by atoms with Crippen molar-refractivity contribution in [1.29, 1.82) is 0 Å². The minimum absolute atomic E-state index is 0.0845. The monoisotopic (exact) mass is 370 g/mol. The molecule has 1 fully saturated rings. The number of rotatable bonds is 2. The van der Waals surface area contributed by atoms with Crippen molar-refractivity contribution in [3.8, 4) is 11.8 Å². The molecule has 0 saturated heterocycles. The molecule has 0 bridgehead atoms. The van der Waals surface area contributed by atoms with Gasteiger partial charge in [-0.25, -0.2) is 9.78 Å². The van der Waals surface area contributed by atoms with Gasteiger partial charge in [-0.15, -0.1) is 0 Å². The number of ether oxygens (including phenoxy) is 1. The van der Waals surface area contributed by atoms with Gasteiger partial charge in [-0.2, -0.15) is 0 Å². The number of halogens is 1. The number of benzene rings is 1. The van der Waals surface area contributed by atoms with Crippen LogP contribution in [0, 0.1) is 17.8 Å². The first-order chi connectivity index (χ1) is 12.5. The Morgan fingerprint density at radius 2 is 2.15 bits per heavy atom. The smallest absolute Gasteiger partial charge is 0.413 e. The van der Waals surface area contributed by atoms with Gasteiger partial charge in [0.2, 0.25) is 0 Å². The molecule has 2 heterocycles. The van der Waals surface area contributed by atoms with E-state index in [1.165, 1.54) is 17.0 Å². The topological polar surface area (TPSA) is 99.2 Å². The number of nitrogens with one attached hydrogen (secondary N) is 1. The molecule has 4 rings (SSSR count). The van der Waals surface area contributed by atoms with E-state index in [4.69, 9.17) is 22.1 Å². The van der Waals surface area contributed by atoms with Gasteiger partial charge in [-0.3, -0.25) is 10.1 Å². The van der Waals surface area contributed by atoms with E-state index in [1.807, 2.05) is 0 Å². The molecule has 1 aliphatic carbocycles. The highest BCUT2D eigenvalue weighted by molar-refractivity contribution is 6.31. The summed E-state index contributed by atoms with van der Waals surface area (Å²) in [5.74, 6) is 6.43. The lowest BCUT2D eigenvalue weighted by Crippen LogP contribution is -2.26. The van der Waals surface area contributed by atoms with Crippen molar-refractivity contribution in [3.05, 3.63) is 51.0 Å². The molecule has 1 amide bonds. The summed E-state index contributed by atoms with van der Waals surface area (Å²) in [7, 11) is 0. The number of nitrogen functional groups attached to an aromatic ring is 1. The van der Waals surface area contributed by atoms with E-state index < -0.39 is 17.8 Å². The summed E-state index contributed by atoms with van der Waals surface area (Å²) < 4.78 is 6.68. The molecule has 7 nitrogen and oxygen atoms in total. The van der Waals surface area contributed by atoms with Crippen LogP contribution in [0.3, 0.4) is 0 Å². The molecular weight excluding hydrogens is 356 g/mol. The lowest BCUT2D eigenvalue weighted by Gasteiger charge is -2.24. The molecule has 2 aliphatic rings. The quantitative estimate of drug-likeness (QED) is 0.791. The van der Waals surface area contributed by atoms with Gasteiger partial charge in [0.25, 0.3) is 5.56 Å². The molecule has 26 heavy (non-hydrogen) atoms. The first-order valence-corrected chi connectivity index (χ1v) is 8.51. The second-order valence-corrected chi connectivity index (χ2v) is 6.66. The van der Waals surface area contributed by atoms with Crippen LogP contribution in [0.4, 0.5) is 16.3 Å². The number of hydrogen-bond acceptors (Lipinski definition) is 5. The number of anilines is 2. The van der Waals surface area contributed by atoms with Gasteiger partial charge in [0, 0.05) is 28.9 Å². The number of fused-ring (bicyclic) bond motifs is 1. The van der Waals surface area contributed by atoms with E-state index >= 15 is 0 Å². The van der Waals surface area contributed by atoms with Crippen LogP contribution in [-0.2, 0) is 11.3 Å². The zero-order chi connectivity index (χ0) is 18.3. The predicted octanol–water partition coefficient (Wildman–Crippen LogP) is 2.54.